The molecule has 7 heteroatoms. The molecule has 0 atom stereocenters. The number of benzene rings is 1. The highest BCUT2D eigenvalue weighted by molar-refractivity contribution is 5.83. The molecular weight excluding hydrogens is 248 g/mol. The summed E-state index contributed by atoms with van der Waals surface area (Å²) in [4.78, 5) is 14.0. The number of para-hydroxylation sites is 1. The maximum atomic E-state index is 10.7. The van der Waals surface area contributed by atoms with E-state index in [1.807, 2.05) is 0 Å². The van der Waals surface area contributed by atoms with Gasteiger partial charge in [0.2, 0.25) is 5.82 Å². The predicted molar refractivity (Wildman–Crippen MR) is 70.2 cm³/mol. The Morgan fingerprint density at radius 1 is 1.32 bits per heavy atom. The fourth-order valence-corrected chi connectivity index (χ4v) is 1.39. The number of phenols is 1. The van der Waals surface area contributed by atoms with Crippen LogP contribution in [0.15, 0.2) is 47.7 Å². The first kappa shape index (κ1) is 12.5. The van der Waals surface area contributed by atoms with Crippen molar-refractivity contribution in [2.45, 2.75) is 0 Å². The number of hydrogen-bond acceptors (Lipinski definition) is 6. The van der Waals surface area contributed by atoms with Gasteiger partial charge >= 0.3 is 5.69 Å². The van der Waals surface area contributed by atoms with Crippen LogP contribution in [0.3, 0.4) is 0 Å². The van der Waals surface area contributed by atoms with Crippen LogP contribution in [-0.4, -0.2) is 21.2 Å². The van der Waals surface area contributed by atoms with Crippen molar-refractivity contribution >= 4 is 17.7 Å². The molecular formula is C12H10N4O3. The Morgan fingerprint density at radius 2 is 2.11 bits per heavy atom. The van der Waals surface area contributed by atoms with Gasteiger partial charge in [-0.1, -0.05) is 12.1 Å². The van der Waals surface area contributed by atoms with Crippen LogP contribution in [0.1, 0.15) is 5.56 Å². The minimum Gasteiger partial charge on any atom is -0.507 e. The second-order valence-corrected chi connectivity index (χ2v) is 3.56. The molecule has 0 amide bonds. The molecule has 0 saturated carbocycles. The Balaban J connectivity index is 2.15. The summed E-state index contributed by atoms with van der Waals surface area (Å²) in [5.41, 5.74) is 2.80. The Kier molecular flexibility index (Phi) is 3.67. The van der Waals surface area contributed by atoms with Gasteiger partial charge in [0.25, 0.3) is 0 Å². The maximum absolute atomic E-state index is 10.7. The summed E-state index contributed by atoms with van der Waals surface area (Å²) in [5, 5.41) is 24.1. The molecule has 2 rings (SSSR count). The van der Waals surface area contributed by atoms with Crippen LogP contribution >= 0.6 is 0 Å². The Bertz CT molecular complexity index is 628. The quantitative estimate of drug-likeness (QED) is 0.497. The van der Waals surface area contributed by atoms with Crippen LogP contribution in [0.25, 0.3) is 0 Å². The van der Waals surface area contributed by atoms with E-state index < -0.39 is 4.92 Å². The molecule has 0 saturated heterocycles. The fourth-order valence-electron chi connectivity index (χ4n) is 1.39. The number of aromatic hydroxyl groups is 1. The third-order valence-corrected chi connectivity index (χ3v) is 2.29. The third-order valence-electron chi connectivity index (χ3n) is 2.29. The van der Waals surface area contributed by atoms with Crippen LogP contribution in [0.4, 0.5) is 11.5 Å². The van der Waals surface area contributed by atoms with Gasteiger partial charge in [0.1, 0.15) is 5.75 Å². The normalized spacial score (nSPS) is 10.5. The lowest BCUT2D eigenvalue weighted by atomic mass is 10.2. The number of phenolic OH excluding ortho intramolecular Hbond substituents is 1. The number of nitro groups is 1. The Labute approximate surface area is 108 Å². The molecule has 0 fully saturated rings. The van der Waals surface area contributed by atoms with Crippen molar-refractivity contribution in [1.29, 1.82) is 0 Å². The number of nitrogens with one attached hydrogen (secondary N) is 1. The molecule has 1 heterocycles. The zero-order valence-electron chi connectivity index (χ0n) is 9.72. The van der Waals surface area contributed by atoms with Gasteiger partial charge in [-0.25, -0.2) is 4.98 Å². The first-order chi connectivity index (χ1) is 9.18. The molecule has 1 aromatic carbocycles. The van der Waals surface area contributed by atoms with Gasteiger partial charge < -0.3 is 5.11 Å². The molecule has 0 radical (unpaired) electrons. The van der Waals surface area contributed by atoms with Crippen LogP contribution in [0.2, 0.25) is 0 Å². The van der Waals surface area contributed by atoms with Crippen molar-refractivity contribution in [3.05, 3.63) is 58.3 Å². The molecule has 1 aromatic heterocycles. The Hall–Kier alpha value is -2.96. The van der Waals surface area contributed by atoms with Crippen molar-refractivity contribution in [3.63, 3.8) is 0 Å². The lowest BCUT2D eigenvalue weighted by molar-refractivity contribution is -0.384. The van der Waals surface area contributed by atoms with Gasteiger partial charge in [-0.3, -0.25) is 15.5 Å². The SMILES string of the molecule is O=[N+]([O-])c1cccnc1N/N=C\c1ccccc1O. The summed E-state index contributed by atoms with van der Waals surface area (Å²) in [6.07, 6.45) is 2.78. The standard InChI is InChI=1S/C12H10N4O3/c17-11-6-2-1-4-9(11)8-14-15-12-10(16(18)19)5-3-7-13-12/h1-8,17H,(H,13,15)/b14-8-. The number of aromatic nitrogens is 1. The highest BCUT2D eigenvalue weighted by Crippen LogP contribution is 2.20. The van der Waals surface area contributed by atoms with Crippen molar-refractivity contribution in [3.8, 4) is 5.75 Å². The van der Waals surface area contributed by atoms with Crippen LogP contribution in [0, 0.1) is 10.1 Å². The average molecular weight is 258 g/mol. The predicted octanol–water partition coefficient (Wildman–Crippen LogP) is 2.14. The van der Waals surface area contributed by atoms with Crippen molar-refractivity contribution in [2.24, 2.45) is 5.10 Å². The maximum Gasteiger partial charge on any atom is 0.313 e. The highest BCUT2D eigenvalue weighted by Gasteiger charge is 2.12. The van der Waals surface area contributed by atoms with Crippen LogP contribution in [0.5, 0.6) is 5.75 Å². The van der Waals surface area contributed by atoms with E-state index in [1.165, 1.54) is 30.6 Å². The highest BCUT2D eigenvalue weighted by atomic mass is 16.6. The molecule has 0 aliphatic heterocycles. The van der Waals surface area contributed by atoms with Crippen molar-refractivity contribution in [1.82, 2.24) is 4.98 Å². The van der Waals surface area contributed by atoms with E-state index in [4.69, 9.17) is 0 Å². The summed E-state index contributed by atoms with van der Waals surface area (Å²) in [5.74, 6) is 0.114. The van der Waals surface area contributed by atoms with Gasteiger partial charge in [-0.2, -0.15) is 5.10 Å². The van der Waals surface area contributed by atoms with E-state index in [9.17, 15) is 15.2 Å². The average Bonchev–Trinajstić information content (AvgIpc) is 2.41. The molecule has 96 valence electrons. The topological polar surface area (TPSA) is 101 Å². The first-order valence-electron chi connectivity index (χ1n) is 5.35. The lowest BCUT2D eigenvalue weighted by Crippen LogP contribution is -1.99. The van der Waals surface area contributed by atoms with E-state index >= 15 is 0 Å². The number of nitrogens with zero attached hydrogens (tertiary/aromatic N) is 3. The van der Waals surface area contributed by atoms with E-state index in [0.29, 0.717) is 5.56 Å². The van der Waals surface area contributed by atoms with Gasteiger partial charge in [0.05, 0.1) is 11.1 Å². The van der Waals surface area contributed by atoms with Gasteiger partial charge in [-0.15, -0.1) is 0 Å². The second kappa shape index (κ2) is 5.58. The summed E-state index contributed by atoms with van der Waals surface area (Å²) < 4.78 is 0. The molecule has 0 spiro atoms. The zero-order chi connectivity index (χ0) is 13.7. The van der Waals surface area contributed by atoms with E-state index in [2.05, 4.69) is 15.5 Å². The second-order valence-electron chi connectivity index (χ2n) is 3.56. The molecule has 0 bridgehead atoms. The van der Waals surface area contributed by atoms with Gasteiger partial charge in [0, 0.05) is 17.8 Å². The van der Waals surface area contributed by atoms with E-state index in [-0.39, 0.29) is 17.3 Å². The molecule has 19 heavy (non-hydrogen) atoms. The lowest BCUT2D eigenvalue weighted by Gasteiger charge is -2.00. The van der Waals surface area contributed by atoms with Crippen LogP contribution < -0.4 is 5.43 Å². The summed E-state index contributed by atoms with van der Waals surface area (Å²) in [6.45, 7) is 0. The number of anilines is 1. The molecule has 7 nitrogen and oxygen atoms in total. The fraction of sp³-hybridized carbons (Fsp3) is 0. The number of hydrazone groups is 1. The monoisotopic (exact) mass is 258 g/mol. The van der Waals surface area contributed by atoms with E-state index in [1.54, 1.807) is 18.2 Å². The number of hydrogen-bond donors (Lipinski definition) is 2. The Morgan fingerprint density at radius 3 is 2.84 bits per heavy atom. The van der Waals surface area contributed by atoms with E-state index in [0.717, 1.165) is 0 Å². The van der Waals surface area contributed by atoms with Gasteiger partial charge in [-0.05, 0) is 18.2 Å². The van der Waals surface area contributed by atoms with Crippen molar-refractivity contribution < 1.29 is 10.0 Å². The first-order valence-corrected chi connectivity index (χ1v) is 5.35. The minimum atomic E-state index is -0.551. The number of rotatable bonds is 4. The van der Waals surface area contributed by atoms with Crippen LogP contribution in [-0.2, 0) is 0 Å². The minimum absolute atomic E-state index is 0.0409. The third kappa shape index (κ3) is 3.03. The molecule has 0 aliphatic carbocycles. The molecule has 0 aliphatic rings. The summed E-state index contributed by atoms with van der Waals surface area (Å²) in [7, 11) is 0. The molecule has 0 unspecified atom stereocenters. The smallest absolute Gasteiger partial charge is 0.313 e. The summed E-state index contributed by atoms with van der Waals surface area (Å²) in [6, 6.07) is 9.40. The van der Waals surface area contributed by atoms with Crippen molar-refractivity contribution in [2.75, 3.05) is 5.43 Å². The molecule has 2 aromatic rings. The zero-order valence-corrected chi connectivity index (χ0v) is 9.72. The summed E-state index contributed by atoms with van der Waals surface area (Å²) >= 11 is 0. The molecule has 2 N–H and O–H groups in total. The largest absolute Gasteiger partial charge is 0.507 e. The number of pyridine rings is 1. The van der Waals surface area contributed by atoms with Gasteiger partial charge in [0.15, 0.2) is 0 Å².